The summed E-state index contributed by atoms with van der Waals surface area (Å²) in [4.78, 5) is 16.5. The number of aryl methyl sites for hydroxylation is 1. The molecule has 2 aromatic carbocycles. The third-order valence-electron chi connectivity index (χ3n) is 4.50. The minimum Gasteiger partial charge on any atom is -0.497 e. The van der Waals surface area contributed by atoms with Gasteiger partial charge in [-0.15, -0.1) is 0 Å². The van der Waals surface area contributed by atoms with Gasteiger partial charge in [0.25, 0.3) is 0 Å². The van der Waals surface area contributed by atoms with Gasteiger partial charge in [0.15, 0.2) is 12.4 Å². The Labute approximate surface area is 176 Å². The van der Waals surface area contributed by atoms with Gasteiger partial charge in [-0.1, -0.05) is 29.8 Å². The number of rotatable bonds is 6. The fraction of sp³-hybridized carbons (Fsp3) is 0.174. The van der Waals surface area contributed by atoms with Crippen LogP contribution < -0.4 is 9.47 Å². The summed E-state index contributed by atoms with van der Waals surface area (Å²) in [5.41, 5.74) is -0.330. The Kier molecular flexibility index (Phi) is 6.25. The summed E-state index contributed by atoms with van der Waals surface area (Å²) in [6, 6.07) is 15.2. The molecule has 3 rings (SSSR count). The zero-order valence-corrected chi connectivity index (χ0v) is 16.7. The molecule has 8 heteroatoms. The van der Waals surface area contributed by atoms with Crippen molar-refractivity contribution in [3.05, 3.63) is 76.9 Å². The smallest absolute Gasteiger partial charge is 0.417 e. The number of methoxy groups -OCH3 is 1. The Morgan fingerprint density at radius 2 is 1.74 bits per heavy atom. The molecule has 0 fully saturated rings. The van der Waals surface area contributed by atoms with E-state index in [9.17, 15) is 23.2 Å². The lowest BCUT2D eigenvalue weighted by Gasteiger charge is -2.15. The van der Waals surface area contributed by atoms with Crippen molar-refractivity contribution in [3.8, 4) is 29.0 Å². The van der Waals surface area contributed by atoms with Crippen LogP contribution in [0.1, 0.15) is 27.0 Å². The third kappa shape index (κ3) is 5.01. The monoisotopic (exact) mass is 426 g/mol. The van der Waals surface area contributed by atoms with Gasteiger partial charge in [-0.3, -0.25) is 4.79 Å². The normalized spacial score (nSPS) is 11.0. The quantitative estimate of drug-likeness (QED) is 0.506. The number of aromatic nitrogens is 1. The molecule has 0 spiro atoms. The molecule has 5 nitrogen and oxygen atoms in total. The molecule has 1 aromatic heterocycles. The van der Waals surface area contributed by atoms with Crippen LogP contribution in [0.5, 0.6) is 11.6 Å². The van der Waals surface area contributed by atoms with Gasteiger partial charge in [0.1, 0.15) is 17.4 Å². The van der Waals surface area contributed by atoms with Crippen LogP contribution in [0.4, 0.5) is 13.2 Å². The molecule has 0 unspecified atom stereocenters. The second-order valence-electron chi connectivity index (χ2n) is 6.65. The number of pyridine rings is 1. The minimum atomic E-state index is -4.80. The largest absolute Gasteiger partial charge is 0.497 e. The highest BCUT2D eigenvalue weighted by molar-refractivity contribution is 5.97. The molecule has 0 radical (unpaired) electrons. The lowest BCUT2D eigenvalue weighted by atomic mass is 10.0. The van der Waals surface area contributed by atoms with Gasteiger partial charge < -0.3 is 9.47 Å². The maximum atomic E-state index is 13.6. The Bertz CT molecular complexity index is 1130. The first-order valence-electron chi connectivity index (χ1n) is 9.12. The lowest BCUT2D eigenvalue weighted by Crippen LogP contribution is -2.16. The minimum absolute atomic E-state index is 0.0155. The number of ketones is 1. The molecule has 158 valence electrons. The van der Waals surface area contributed by atoms with Crippen LogP contribution in [0, 0.1) is 18.3 Å². The topological polar surface area (TPSA) is 72.2 Å². The molecule has 0 saturated carbocycles. The molecule has 0 bridgehead atoms. The predicted octanol–water partition coefficient (Wildman–Crippen LogP) is 5.22. The van der Waals surface area contributed by atoms with Crippen LogP contribution >= 0.6 is 0 Å². The van der Waals surface area contributed by atoms with Crippen molar-refractivity contribution in [2.75, 3.05) is 13.7 Å². The highest BCUT2D eigenvalue weighted by Crippen LogP contribution is 2.37. The first kappa shape index (κ1) is 21.8. The zero-order chi connectivity index (χ0) is 22.6. The fourth-order valence-corrected chi connectivity index (χ4v) is 2.82. The van der Waals surface area contributed by atoms with E-state index in [4.69, 9.17) is 9.47 Å². The van der Waals surface area contributed by atoms with Crippen molar-refractivity contribution in [3.63, 3.8) is 0 Å². The summed E-state index contributed by atoms with van der Waals surface area (Å²) < 4.78 is 51.1. The molecule has 0 atom stereocenters. The van der Waals surface area contributed by atoms with E-state index >= 15 is 0 Å². The van der Waals surface area contributed by atoms with Gasteiger partial charge in [-0.25, -0.2) is 4.98 Å². The standard InChI is InChI=1S/C23H17F3N2O3/c1-14-3-5-15(6-4-14)20-11-19(23(24,25)26)18(12-27)22(28-20)31-13-21(29)16-7-9-17(30-2)10-8-16/h3-11H,13H2,1-2H3. The van der Waals surface area contributed by atoms with E-state index in [1.165, 1.54) is 25.3 Å². The van der Waals surface area contributed by atoms with Gasteiger partial charge >= 0.3 is 6.18 Å². The number of ether oxygens (including phenoxy) is 2. The molecular weight excluding hydrogens is 409 g/mol. The molecule has 0 N–H and O–H groups in total. The molecule has 1 heterocycles. The Morgan fingerprint density at radius 3 is 2.29 bits per heavy atom. The van der Waals surface area contributed by atoms with Crippen LogP contribution in [0.3, 0.4) is 0 Å². The molecule has 0 aliphatic heterocycles. The molecule has 0 aliphatic rings. The van der Waals surface area contributed by atoms with Crippen LogP contribution in [0.2, 0.25) is 0 Å². The highest BCUT2D eigenvalue weighted by Gasteiger charge is 2.36. The van der Waals surface area contributed by atoms with Crippen LogP contribution in [-0.2, 0) is 6.18 Å². The van der Waals surface area contributed by atoms with E-state index in [0.29, 0.717) is 11.3 Å². The average molecular weight is 426 g/mol. The summed E-state index contributed by atoms with van der Waals surface area (Å²) in [5, 5.41) is 9.33. The number of benzene rings is 2. The van der Waals surface area contributed by atoms with Gasteiger partial charge in [0.2, 0.25) is 5.88 Å². The number of carbonyl (C=O) groups is 1. The number of carbonyl (C=O) groups excluding carboxylic acids is 1. The summed E-state index contributed by atoms with van der Waals surface area (Å²) >= 11 is 0. The van der Waals surface area contributed by atoms with Crippen molar-refractivity contribution < 1.29 is 27.4 Å². The summed E-state index contributed by atoms with van der Waals surface area (Å²) in [5.74, 6) is -0.482. The van der Waals surface area contributed by atoms with Crippen molar-refractivity contribution >= 4 is 5.78 Å². The van der Waals surface area contributed by atoms with E-state index in [1.54, 1.807) is 36.4 Å². The molecular formula is C23H17F3N2O3. The molecule has 0 aliphatic carbocycles. The molecule has 0 amide bonds. The molecule has 0 saturated heterocycles. The van der Waals surface area contributed by atoms with Crippen molar-refractivity contribution in [1.29, 1.82) is 5.26 Å². The SMILES string of the molecule is COc1ccc(C(=O)COc2nc(-c3ccc(C)cc3)cc(C(F)(F)F)c2C#N)cc1. The highest BCUT2D eigenvalue weighted by atomic mass is 19.4. The average Bonchev–Trinajstić information content (AvgIpc) is 2.76. The van der Waals surface area contributed by atoms with E-state index < -0.39 is 35.6 Å². The van der Waals surface area contributed by atoms with Crippen LogP contribution in [0.15, 0.2) is 54.6 Å². The van der Waals surface area contributed by atoms with Gasteiger partial charge in [-0.2, -0.15) is 18.4 Å². The van der Waals surface area contributed by atoms with Gasteiger partial charge in [-0.05, 0) is 37.3 Å². The number of alkyl halides is 3. The Hall–Kier alpha value is -3.86. The van der Waals surface area contributed by atoms with E-state index in [2.05, 4.69) is 4.98 Å². The Morgan fingerprint density at radius 1 is 1.10 bits per heavy atom. The fourth-order valence-electron chi connectivity index (χ4n) is 2.82. The second kappa shape index (κ2) is 8.88. The molecule has 3 aromatic rings. The second-order valence-corrected chi connectivity index (χ2v) is 6.65. The van der Waals surface area contributed by atoms with Crippen molar-refractivity contribution in [2.45, 2.75) is 13.1 Å². The number of hydrogen-bond donors (Lipinski definition) is 0. The van der Waals surface area contributed by atoms with E-state index in [0.717, 1.165) is 11.6 Å². The number of Topliss-reactive ketones (excluding diaryl/α,β-unsaturated/α-hetero) is 1. The van der Waals surface area contributed by atoms with Gasteiger partial charge in [0, 0.05) is 11.1 Å². The number of nitriles is 1. The maximum Gasteiger partial charge on any atom is 0.417 e. The first-order chi connectivity index (χ1) is 14.7. The number of nitrogens with zero attached hydrogens (tertiary/aromatic N) is 2. The first-order valence-corrected chi connectivity index (χ1v) is 9.12. The van der Waals surface area contributed by atoms with Gasteiger partial charge in [0.05, 0.1) is 18.4 Å². The van der Waals surface area contributed by atoms with E-state index in [-0.39, 0.29) is 11.3 Å². The Balaban J connectivity index is 1.97. The maximum absolute atomic E-state index is 13.6. The number of hydrogen-bond acceptors (Lipinski definition) is 5. The number of halogens is 3. The van der Waals surface area contributed by atoms with Crippen molar-refractivity contribution in [2.24, 2.45) is 0 Å². The summed E-state index contributed by atoms with van der Waals surface area (Å²) in [6.45, 7) is 1.26. The van der Waals surface area contributed by atoms with Crippen LogP contribution in [0.25, 0.3) is 11.3 Å². The van der Waals surface area contributed by atoms with Crippen molar-refractivity contribution in [1.82, 2.24) is 4.98 Å². The zero-order valence-electron chi connectivity index (χ0n) is 16.7. The lowest BCUT2D eigenvalue weighted by molar-refractivity contribution is -0.137. The predicted molar refractivity (Wildman–Crippen MR) is 107 cm³/mol. The molecule has 31 heavy (non-hydrogen) atoms. The van der Waals surface area contributed by atoms with Crippen LogP contribution in [-0.4, -0.2) is 24.5 Å². The van der Waals surface area contributed by atoms with E-state index in [1.807, 2.05) is 6.92 Å². The third-order valence-corrected chi connectivity index (χ3v) is 4.50. The summed E-state index contributed by atoms with van der Waals surface area (Å²) in [7, 11) is 1.48. The summed E-state index contributed by atoms with van der Waals surface area (Å²) in [6.07, 6.45) is -4.80.